The lowest BCUT2D eigenvalue weighted by molar-refractivity contribution is -0.136. The molecule has 1 N–H and O–H groups in total. The number of rotatable bonds is 9. The molecule has 32 heavy (non-hydrogen) atoms. The second-order valence-corrected chi connectivity index (χ2v) is 8.41. The highest BCUT2D eigenvalue weighted by atomic mass is 16.5. The number of amides is 2. The molecule has 1 aliphatic heterocycles. The van der Waals surface area contributed by atoms with Crippen LogP contribution in [-0.2, 0) is 20.7 Å². The van der Waals surface area contributed by atoms with E-state index in [9.17, 15) is 9.59 Å². The Kier molecular flexibility index (Phi) is 8.28. The average molecular weight is 439 g/mol. The standard InChI is InChI=1S/C26H34N2O4/c1-5-23(25(29)27-14-16-31-4)32-21-12-11-19-13-15-28(26(30)18(2)3)24(22(19)17-21)20-9-7-6-8-10-20/h6-12,17-18,23-24H,5,13-16H2,1-4H3,(H,27,29). The van der Waals surface area contributed by atoms with Crippen LogP contribution >= 0.6 is 0 Å². The Morgan fingerprint density at radius 3 is 2.56 bits per heavy atom. The van der Waals surface area contributed by atoms with Gasteiger partial charge in [0, 0.05) is 26.1 Å². The number of hydrogen-bond donors (Lipinski definition) is 1. The van der Waals surface area contributed by atoms with Crippen LogP contribution in [0.5, 0.6) is 5.75 Å². The Bertz CT molecular complexity index is 913. The second-order valence-electron chi connectivity index (χ2n) is 8.41. The van der Waals surface area contributed by atoms with Crippen molar-refractivity contribution in [3.8, 4) is 5.75 Å². The van der Waals surface area contributed by atoms with Gasteiger partial charge in [0.05, 0.1) is 12.6 Å². The lowest BCUT2D eigenvalue weighted by Crippen LogP contribution is -2.42. The van der Waals surface area contributed by atoms with Crippen molar-refractivity contribution < 1.29 is 19.1 Å². The van der Waals surface area contributed by atoms with Crippen molar-refractivity contribution in [2.24, 2.45) is 5.92 Å². The van der Waals surface area contributed by atoms with Crippen LogP contribution in [0.2, 0.25) is 0 Å². The summed E-state index contributed by atoms with van der Waals surface area (Å²) in [5.74, 6) is 0.540. The molecule has 0 fully saturated rings. The van der Waals surface area contributed by atoms with Crippen molar-refractivity contribution in [3.63, 3.8) is 0 Å². The molecule has 1 aliphatic rings. The number of carbonyl (C=O) groups excluding carboxylic acids is 2. The highest BCUT2D eigenvalue weighted by Crippen LogP contribution is 2.38. The molecule has 1 heterocycles. The van der Waals surface area contributed by atoms with Gasteiger partial charge in [0.25, 0.3) is 5.91 Å². The van der Waals surface area contributed by atoms with E-state index < -0.39 is 6.10 Å². The van der Waals surface area contributed by atoms with Gasteiger partial charge in [0.1, 0.15) is 5.75 Å². The van der Waals surface area contributed by atoms with Gasteiger partial charge in [-0.1, -0.05) is 57.2 Å². The smallest absolute Gasteiger partial charge is 0.261 e. The van der Waals surface area contributed by atoms with Gasteiger partial charge < -0.3 is 19.7 Å². The van der Waals surface area contributed by atoms with E-state index in [2.05, 4.69) is 23.5 Å². The average Bonchev–Trinajstić information content (AvgIpc) is 2.81. The molecule has 0 saturated carbocycles. The van der Waals surface area contributed by atoms with Crippen LogP contribution in [0.1, 0.15) is 49.9 Å². The lowest BCUT2D eigenvalue weighted by Gasteiger charge is -2.39. The monoisotopic (exact) mass is 438 g/mol. The topological polar surface area (TPSA) is 67.9 Å². The molecule has 172 valence electrons. The number of ether oxygens (including phenoxy) is 2. The fourth-order valence-corrected chi connectivity index (χ4v) is 4.11. The van der Waals surface area contributed by atoms with Gasteiger partial charge in [0.15, 0.2) is 6.10 Å². The zero-order chi connectivity index (χ0) is 23.1. The Hall–Kier alpha value is -2.86. The number of nitrogens with zero attached hydrogens (tertiary/aromatic N) is 1. The van der Waals surface area contributed by atoms with Gasteiger partial charge >= 0.3 is 0 Å². The summed E-state index contributed by atoms with van der Waals surface area (Å²) in [6, 6.07) is 15.9. The summed E-state index contributed by atoms with van der Waals surface area (Å²) in [6.45, 7) is 7.39. The third-order valence-electron chi connectivity index (χ3n) is 5.78. The summed E-state index contributed by atoms with van der Waals surface area (Å²) < 4.78 is 11.1. The minimum absolute atomic E-state index is 0.0811. The molecule has 6 nitrogen and oxygen atoms in total. The quantitative estimate of drug-likeness (QED) is 0.606. The highest BCUT2D eigenvalue weighted by molar-refractivity contribution is 5.81. The van der Waals surface area contributed by atoms with Crippen LogP contribution in [0.15, 0.2) is 48.5 Å². The van der Waals surface area contributed by atoms with E-state index in [1.807, 2.05) is 56.0 Å². The first-order valence-electron chi connectivity index (χ1n) is 11.4. The summed E-state index contributed by atoms with van der Waals surface area (Å²) in [6.07, 6.45) is 0.763. The Labute approximate surface area is 190 Å². The molecule has 2 amide bonds. The maximum atomic E-state index is 13.0. The summed E-state index contributed by atoms with van der Waals surface area (Å²) in [5.41, 5.74) is 3.34. The SMILES string of the molecule is CCC(Oc1ccc2c(c1)C(c1ccccc1)N(C(=O)C(C)C)CC2)C(=O)NCCOC. The molecule has 2 atom stereocenters. The summed E-state index contributed by atoms with van der Waals surface area (Å²) in [7, 11) is 1.60. The number of carbonyl (C=O) groups is 2. The van der Waals surface area contributed by atoms with E-state index in [0.29, 0.717) is 31.9 Å². The van der Waals surface area contributed by atoms with Gasteiger partial charge in [-0.3, -0.25) is 9.59 Å². The first-order chi connectivity index (χ1) is 15.5. The summed E-state index contributed by atoms with van der Waals surface area (Å²) >= 11 is 0. The fraction of sp³-hybridized carbons (Fsp3) is 0.462. The van der Waals surface area contributed by atoms with Crippen molar-refractivity contribution >= 4 is 11.8 Å². The molecule has 3 rings (SSSR count). The van der Waals surface area contributed by atoms with Gasteiger partial charge in [-0.25, -0.2) is 0 Å². The molecule has 2 unspecified atom stereocenters. The highest BCUT2D eigenvalue weighted by Gasteiger charge is 2.33. The van der Waals surface area contributed by atoms with Gasteiger partial charge in [-0.2, -0.15) is 0 Å². The predicted octanol–water partition coefficient (Wildman–Crippen LogP) is 3.74. The zero-order valence-corrected chi connectivity index (χ0v) is 19.5. The van der Waals surface area contributed by atoms with Gasteiger partial charge in [-0.05, 0) is 41.7 Å². The molecule has 0 aliphatic carbocycles. The van der Waals surface area contributed by atoms with Crippen LogP contribution in [-0.4, -0.2) is 49.6 Å². The molecule has 0 saturated heterocycles. The predicted molar refractivity (Wildman–Crippen MR) is 125 cm³/mol. The third kappa shape index (κ3) is 5.49. The number of nitrogens with one attached hydrogen (secondary N) is 1. The summed E-state index contributed by atoms with van der Waals surface area (Å²) in [4.78, 5) is 27.5. The van der Waals surface area contributed by atoms with Crippen molar-refractivity contribution in [3.05, 3.63) is 65.2 Å². The van der Waals surface area contributed by atoms with Crippen LogP contribution < -0.4 is 10.1 Å². The molecular weight excluding hydrogens is 404 g/mol. The molecule has 6 heteroatoms. The minimum atomic E-state index is -0.586. The Balaban J connectivity index is 1.91. The first-order valence-corrected chi connectivity index (χ1v) is 11.4. The largest absolute Gasteiger partial charge is 0.481 e. The van der Waals surface area contributed by atoms with E-state index in [0.717, 1.165) is 17.5 Å². The Morgan fingerprint density at radius 2 is 1.91 bits per heavy atom. The van der Waals surface area contributed by atoms with Crippen molar-refractivity contribution in [1.82, 2.24) is 10.2 Å². The molecular formula is C26H34N2O4. The maximum Gasteiger partial charge on any atom is 0.261 e. The first kappa shape index (κ1) is 23.8. The van der Waals surface area contributed by atoms with Crippen LogP contribution in [0.25, 0.3) is 0 Å². The normalized spacial score (nSPS) is 16.4. The van der Waals surface area contributed by atoms with Crippen molar-refractivity contribution in [2.75, 3.05) is 26.8 Å². The second kappa shape index (κ2) is 11.1. The number of benzene rings is 2. The third-order valence-corrected chi connectivity index (χ3v) is 5.78. The molecule has 0 bridgehead atoms. The minimum Gasteiger partial charge on any atom is -0.481 e. The van der Waals surface area contributed by atoms with Crippen LogP contribution in [0, 0.1) is 5.92 Å². The number of hydrogen-bond acceptors (Lipinski definition) is 4. The van der Waals surface area contributed by atoms with Crippen molar-refractivity contribution in [1.29, 1.82) is 0 Å². The van der Waals surface area contributed by atoms with E-state index in [1.54, 1.807) is 7.11 Å². The Morgan fingerprint density at radius 1 is 1.16 bits per heavy atom. The maximum absolute atomic E-state index is 13.0. The van der Waals surface area contributed by atoms with Crippen LogP contribution in [0.4, 0.5) is 0 Å². The van der Waals surface area contributed by atoms with Gasteiger partial charge in [0.2, 0.25) is 5.91 Å². The van der Waals surface area contributed by atoms with E-state index in [1.165, 1.54) is 5.56 Å². The molecule has 2 aromatic carbocycles. The number of methoxy groups -OCH3 is 1. The number of fused-ring (bicyclic) bond motifs is 1. The van der Waals surface area contributed by atoms with E-state index in [-0.39, 0.29) is 23.8 Å². The van der Waals surface area contributed by atoms with E-state index in [4.69, 9.17) is 9.47 Å². The summed E-state index contributed by atoms with van der Waals surface area (Å²) in [5, 5.41) is 2.84. The fourth-order valence-electron chi connectivity index (χ4n) is 4.11. The van der Waals surface area contributed by atoms with Crippen molar-refractivity contribution in [2.45, 2.75) is 45.8 Å². The molecule has 2 aromatic rings. The molecule has 0 radical (unpaired) electrons. The lowest BCUT2D eigenvalue weighted by atomic mass is 9.87. The van der Waals surface area contributed by atoms with E-state index >= 15 is 0 Å². The van der Waals surface area contributed by atoms with Crippen LogP contribution in [0.3, 0.4) is 0 Å². The molecule has 0 aromatic heterocycles. The van der Waals surface area contributed by atoms with Gasteiger partial charge in [-0.15, -0.1) is 0 Å². The molecule has 0 spiro atoms. The zero-order valence-electron chi connectivity index (χ0n) is 19.5.